The van der Waals surface area contributed by atoms with Gasteiger partial charge in [-0.05, 0) is 97.7 Å². The Morgan fingerprint density at radius 2 is 0.661 bits per heavy atom. The smallest absolute Gasteiger partial charge is 0.0553 e. The zero-order chi connectivity index (χ0) is 36.7. The summed E-state index contributed by atoms with van der Waals surface area (Å²) in [6.45, 7) is 0. The van der Waals surface area contributed by atoms with Crippen LogP contribution in [0.2, 0.25) is 0 Å². The molecule has 2 heteroatoms. The molecule has 0 fully saturated rings. The molecule has 0 aliphatic rings. The number of para-hydroxylation sites is 4. The molecule has 0 radical (unpaired) electrons. The van der Waals surface area contributed by atoms with E-state index in [1.807, 2.05) is 0 Å². The lowest BCUT2D eigenvalue weighted by Crippen LogP contribution is -1.96. The fourth-order valence-corrected chi connectivity index (χ4v) is 9.67. The van der Waals surface area contributed by atoms with E-state index in [1.54, 1.807) is 0 Å². The lowest BCUT2D eigenvalue weighted by molar-refractivity contribution is 1.18. The maximum absolute atomic E-state index is 2.49. The molecule has 0 saturated carbocycles. The van der Waals surface area contributed by atoms with Crippen LogP contribution in [-0.4, -0.2) is 9.13 Å². The average molecular weight is 711 g/mol. The number of hydrogen-bond acceptors (Lipinski definition) is 0. The summed E-state index contributed by atoms with van der Waals surface area (Å²) >= 11 is 0. The monoisotopic (exact) mass is 710 g/mol. The molecular weight excluding hydrogens is 677 g/mol. The van der Waals surface area contributed by atoms with Crippen LogP contribution in [-0.2, 0) is 0 Å². The second-order valence-electron chi connectivity index (χ2n) is 14.8. The van der Waals surface area contributed by atoms with Gasteiger partial charge in [-0.15, -0.1) is 0 Å². The molecule has 0 aliphatic carbocycles. The molecule has 12 rings (SSSR count). The Kier molecular flexibility index (Phi) is 6.66. The van der Waals surface area contributed by atoms with Gasteiger partial charge in [0.2, 0.25) is 0 Å². The Bertz CT molecular complexity index is 3420. The third kappa shape index (κ3) is 4.33. The number of rotatable bonds is 4. The molecule has 0 spiro atoms. The van der Waals surface area contributed by atoms with Gasteiger partial charge in [-0.25, -0.2) is 0 Å². The molecule has 2 nitrogen and oxygen atoms in total. The van der Waals surface area contributed by atoms with E-state index >= 15 is 0 Å². The second kappa shape index (κ2) is 12.0. The van der Waals surface area contributed by atoms with Crippen LogP contribution < -0.4 is 0 Å². The van der Waals surface area contributed by atoms with Gasteiger partial charge in [-0.2, -0.15) is 0 Å². The summed E-state index contributed by atoms with van der Waals surface area (Å²) in [5.41, 5.74) is 12.1. The van der Waals surface area contributed by atoms with Crippen LogP contribution in [0.25, 0.3) is 110 Å². The summed E-state index contributed by atoms with van der Waals surface area (Å²) in [4.78, 5) is 0. The Balaban J connectivity index is 1.36. The molecular formula is C54H34N2. The average Bonchev–Trinajstić information content (AvgIpc) is 3.79. The minimum atomic E-state index is 1.15. The molecule has 260 valence electrons. The Hall–Kier alpha value is -7.42. The normalized spacial score (nSPS) is 11.9. The van der Waals surface area contributed by atoms with E-state index in [9.17, 15) is 0 Å². The SMILES string of the molecule is c1ccc(-c2c3ccccc3c(-c3cc4c(c5ccccc5n4-c4ccccc4)c4c3ccc3c4c4ccccc4n3-c3ccccc3)c3ccccc23)cc1. The van der Waals surface area contributed by atoms with Crippen molar-refractivity contribution >= 4 is 75.9 Å². The van der Waals surface area contributed by atoms with Gasteiger partial charge in [0.25, 0.3) is 0 Å². The van der Waals surface area contributed by atoms with E-state index in [4.69, 9.17) is 0 Å². The van der Waals surface area contributed by atoms with Crippen LogP contribution in [0.3, 0.4) is 0 Å². The third-order valence-corrected chi connectivity index (χ3v) is 11.9. The number of nitrogens with zero attached hydrogens (tertiary/aromatic N) is 2. The molecule has 56 heavy (non-hydrogen) atoms. The van der Waals surface area contributed by atoms with Crippen molar-refractivity contribution in [3.63, 3.8) is 0 Å². The van der Waals surface area contributed by atoms with Gasteiger partial charge < -0.3 is 9.13 Å². The summed E-state index contributed by atoms with van der Waals surface area (Å²) in [6, 6.07) is 75.7. The molecule has 0 saturated heterocycles. The van der Waals surface area contributed by atoms with Crippen LogP contribution >= 0.6 is 0 Å². The topological polar surface area (TPSA) is 9.86 Å². The van der Waals surface area contributed by atoms with E-state index < -0.39 is 0 Å². The van der Waals surface area contributed by atoms with Gasteiger partial charge >= 0.3 is 0 Å². The first-order chi connectivity index (χ1) is 27.8. The van der Waals surface area contributed by atoms with E-state index in [1.165, 1.54) is 98.2 Å². The summed E-state index contributed by atoms with van der Waals surface area (Å²) in [7, 11) is 0. The second-order valence-corrected chi connectivity index (χ2v) is 14.8. The highest BCUT2D eigenvalue weighted by Crippen LogP contribution is 2.50. The summed E-state index contributed by atoms with van der Waals surface area (Å²) in [5.74, 6) is 0. The van der Waals surface area contributed by atoms with Crippen LogP contribution in [0, 0.1) is 0 Å². The Morgan fingerprint density at radius 3 is 1.20 bits per heavy atom. The van der Waals surface area contributed by atoms with Crippen LogP contribution in [0.5, 0.6) is 0 Å². The van der Waals surface area contributed by atoms with Gasteiger partial charge in [0.1, 0.15) is 0 Å². The number of hydrogen-bond donors (Lipinski definition) is 0. The van der Waals surface area contributed by atoms with Gasteiger partial charge in [-0.1, -0.05) is 158 Å². The predicted molar refractivity (Wildman–Crippen MR) is 239 cm³/mol. The third-order valence-electron chi connectivity index (χ3n) is 11.9. The molecule has 10 aromatic carbocycles. The van der Waals surface area contributed by atoms with Crippen molar-refractivity contribution in [1.29, 1.82) is 0 Å². The Morgan fingerprint density at radius 1 is 0.250 bits per heavy atom. The Labute approximate surface area is 323 Å². The maximum atomic E-state index is 2.49. The molecule has 0 aliphatic heterocycles. The first kappa shape index (κ1) is 31.0. The largest absolute Gasteiger partial charge is 0.309 e. The van der Waals surface area contributed by atoms with Crippen LogP contribution in [0.4, 0.5) is 0 Å². The fourth-order valence-electron chi connectivity index (χ4n) is 9.67. The number of fused-ring (bicyclic) bond motifs is 11. The summed E-state index contributed by atoms with van der Waals surface area (Å²) < 4.78 is 4.92. The van der Waals surface area contributed by atoms with Gasteiger partial charge in [0.15, 0.2) is 0 Å². The lowest BCUT2D eigenvalue weighted by atomic mass is 9.83. The number of benzene rings is 10. The van der Waals surface area contributed by atoms with Crippen molar-refractivity contribution in [2.24, 2.45) is 0 Å². The highest BCUT2D eigenvalue weighted by atomic mass is 15.0. The maximum Gasteiger partial charge on any atom is 0.0553 e. The molecule has 2 aromatic heterocycles. The van der Waals surface area contributed by atoms with Crippen molar-refractivity contribution in [2.75, 3.05) is 0 Å². The van der Waals surface area contributed by atoms with Gasteiger partial charge in [-0.3, -0.25) is 0 Å². The molecule has 0 bridgehead atoms. The molecule has 0 atom stereocenters. The minimum absolute atomic E-state index is 1.15. The van der Waals surface area contributed by atoms with Crippen molar-refractivity contribution in [2.45, 2.75) is 0 Å². The van der Waals surface area contributed by atoms with Crippen LogP contribution in [0.1, 0.15) is 0 Å². The molecule has 12 aromatic rings. The van der Waals surface area contributed by atoms with E-state index in [0.29, 0.717) is 0 Å². The lowest BCUT2D eigenvalue weighted by Gasteiger charge is -2.20. The van der Waals surface area contributed by atoms with Gasteiger partial charge in [0, 0.05) is 38.3 Å². The molecule has 0 unspecified atom stereocenters. The van der Waals surface area contributed by atoms with E-state index in [-0.39, 0.29) is 0 Å². The van der Waals surface area contributed by atoms with E-state index in [0.717, 1.165) is 11.4 Å². The van der Waals surface area contributed by atoms with Crippen molar-refractivity contribution < 1.29 is 0 Å². The van der Waals surface area contributed by atoms with Crippen molar-refractivity contribution in [1.82, 2.24) is 9.13 Å². The van der Waals surface area contributed by atoms with Gasteiger partial charge in [0.05, 0.1) is 22.1 Å². The zero-order valence-corrected chi connectivity index (χ0v) is 30.5. The highest BCUT2D eigenvalue weighted by Gasteiger charge is 2.25. The molecule has 2 heterocycles. The fraction of sp³-hybridized carbons (Fsp3) is 0. The highest BCUT2D eigenvalue weighted by molar-refractivity contribution is 6.36. The molecule has 0 amide bonds. The predicted octanol–water partition coefficient (Wildman–Crippen LogP) is 14.7. The molecule has 0 N–H and O–H groups in total. The van der Waals surface area contributed by atoms with E-state index in [2.05, 4.69) is 215 Å². The minimum Gasteiger partial charge on any atom is -0.309 e. The summed E-state index contributed by atoms with van der Waals surface area (Å²) in [6.07, 6.45) is 0. The number of aromatic nitrogens is 2. The first-order valence-electron chi connectivity index (χ1n) is 19.4. The standard InChI is InChI=1S/C54H34N2/c1-4-18-35(19-5-1)50-38-24-10-12-26-40(38)51(41-27-13-11-25-39(41)50)45-34-49-53(44-29-15-17-31-47(44)56(49)37-22-8-3-9-23-37)54-42(45)32-33-48-52(54)43-28-14-16-30-46(43)55(48)36-20-6-2-7-21-36/h1-34H. The van der Waals surface area contributed by atoms with Crippen LogP contribution in [0.15, 0.2) is 206 Å². The quantitative estimate of drug-likeness (QED) is 0.161. The zero-order valence-electron chi connectivity index (χ0n) is 30.5. The summed E-state index contributed by atoms with van der Waals surface area (Å²) in [5, 5.41) is 12.6. The van der Waals surface area contributed by atoms with Crippen molar-refractivity contribution in [3.05, 3.63) is 206 Å². The van der Waals surface area contributed by atoms with Crippen molar-refractivity contribution in [3.8, 4) is 33.6 Å². The first-order valence-corrected chi connectivity index (χ1v) is 19.4.